The first-order valence-corrected chi connectivity index (χ1v) is 9.99. The molecule has 1 aliphatic carbocycles. The number of hydrogen-bond acceptors (Lipinski definition) is 4. The fourth-order valence-electron chi connectivity index (χ4n) is 3.13. The van der Waals surface area contributed by atoms with Crippen LogP contribution in [-0.4, -0.2) is 30.5 Å². The fraction of sp³-hybridized carbons (Fsp3) is 0.619. The lowest BCUT2D eigenvalue weighted by Crippen LogP contribution is -2.25. The quantitative estimate of drug-likeness (QED) is 0.352. The van der Waals surface area contributed by atoms with Crippen LogP contribution in [0.2, 0.25) is 0 Å². The van der Waals surface area contributed by atoms with E-state index in [-0.39, 0.29) is 11.3 Å². The zero-order chi connectivity index (χ0) is 18.9. The summed E-state index contributed by atoms with van der Waals surface area (Å²) >= 11 is 6.31. The molecule has 0 N–H and O–H groups in total. The van der Waals surface area contributed by atoms with Crippen LogP contribution in [0.15, 0.2) is 24.3 Å². The van der Waals surface area contributed by atoms with Crippen molar-refractivity contribution >= 4 is 23.5 Å². The first-order valence-electron chi connectivity index (χ1n) is 9.55. The molecule has 5 heteroatoms. The van der Waals surface area contributed by atoms with E-state index in [4.69, 9.17) is 21.1 Å². The van der Waals surface area contributed by atoms with Crippen molar-refractivity contribution < 1.29 is 19.1 Å². The van der Waals surface area contributed by atoms with Crippen LogP contribution in [0.5, 0.6) is 0 Å². The van der Waals surface area contributed by atoms with Gasteiger partial charge in [-0.2, -0.15) is 0 Å². The molecule has 2 atom stereocenters. The summed E-state index contributed by atoms with van der Waals surface area (Å²) in [6.07, 6.45) is 6.09. The molecule has 1 aromatic rings. The van der Waals surface area contributed by atoms with E-state index in [1.165, 1.54) is 6.07 Å². The van der Waals surface area contributed by atoms with Crippen LogP contribution in [0.4, 0.5) is 0 Å². The molecule has 0 aliphatic heterocycles. The largest absolute Gasteiger partial charge is 0.462 e. The summed E-state index contributed by atoms with van der Waals surface area (Å²) < 4.78 is 10.7. The van der Waals surface area contributed by atoms with E-state index in [9.17, 15) is 9.59 Å². The second-order valence-corrected chi connectivity index (χ2v) is 7.97. The topological polar surface area (TPSA) is 52.6 Å². The minimum atomic E-state index is -0.422. The molecule has 1 aliphatic rings. The first-order chi connectivity index (χ1) is 12.5. The number of benzene rings is 1. The van der Waals surface area contributed by atoms with E-state index in [1.54, 1.807) is 18.2 Å². The molecule has 0 heterocycles. The first kappa shape index (κ1) is 20.8. The van der Waals surface area contributed by atoms with Crippen LogP contribution >= 0.6 is 11.6 Å². The van der Waals surface area contributed by atoms with E-state index in [1.807, 2.05) is 0 Å². The minimum Gasteiger partial charge on any atom is -0.462 e. The van der Waals surface area contributed by atoms with Crippen molar-refractivity contribution in [3.8, 4) is 0 Å². The maximum atomic E-state index is 12.3. The second kappa shape index (κ2) is 10.6. The number of halogens is 1. The second-order valence-electron chi connectivity index (χ2n) is 7.41. The van der Waals surface area contributed by atoms with Crippen LogP contribution < -0.4 is 0 Å². The molecule has 144 valence electrons. The van der Waals surface area contributed by atoms with E-state index in [0.29, 0.717) is 30.3 Å². The summed E-state index contributed by atoms with van der Waals surface area (Å²) in [5.74, 6) is -0.0302. The number of esters is 2. The molecular formula is C21H29ClO4. The number of ether oxygens (including phenoxy) is 2. The van der Waals surface area contributed by atoms with Gasteiger partial charge in [0.1, 0.15) is 0 Å². The van der Waals surface area contributed by atoms with E-state index in [0.717, 1.165) is 38.5 Å². The average molecular weight is 381 g/mol. The molecule has 0 spiro atoms. The summed E-state index contributed by atoms with van der Waals surface area (Å²) in [4.78, 5) is 24.4. The van der Waals surface area contributed by atoms with Gasteiger partial charge in [0.05, 0.1) is 24.3 Å². The fourth-order valence-corrected chi connectivity index (χ4v) is 3.48. The summed E-state index contributed by atoms with van der Waals surface area (Å²) in [6, 6.07) is 6.51. The van der Waals surface area contributed by atoms with Gasteiger partial charge in [0, 0.05) is 11.3 Å². The minimum absolute atomic E-state index is 0.0729. The Balaban J connectivity index is 1.84. The van der Waals surface area contributed by atoms with Crippen LogP contribution in [0.1, 0.15) is 73.1 Å². The van der Waals surface area contributed by atoms with E-state index < -0.39 is 11.9 Å². The SMILES string of the molecule is CC(C)CCCOC(=O)c1cccc(C(=O)OCC2CCCCC2Cl)c1. The molecule has 0 amide bonds. The Bertz CT molecular complexity index is 599. The van der Waals surface area contributed by atoms with Gasteiger partial charge in [0.2, 0.25) is 0 Å². The van der Waals surface area contributed by atoms with Crippen molar-refractivity contribution in [3.05, 3.63) is 35.4 Å². The molecule has 2 rings (SSSR count). The van der Waals surface area contributed by atoms with E-state index in [2.05, 4.69) is 13.8 Å². The Morgan fingerprint density at radius 3 is 2.42 bits per heavy atom. The maximum absolute atomic E-state index is 12.3. The molecule has 1 fully saturated rings. The third-order valence-electron chi connectivity index (χ3n) is 4.74. The van der Waals surface area contributed by atoms with Gasteiger partial charge >= 0.3 is 11.9 Å². The third-order valence-corrected chi connectivity index (χ3v) is 5.31. The lowest BCUT2D eigenvalue weighted by molar-refractivity contribution is 0.0414. The van der Waals surface area contributed by atoms with Crippen molar-refractivity contribution in [2.75, 3.05) is 13.2 Å². The Morgan fingerprint density at radius 1 is 1.12 bits per heavy atom. The predicted molar refractivity (Wildman–Crippen MR) is 103 cm³/mol. The molecule has 2 unspecified atom stereocenters. The number of hydrogen-bond donors (Lipinski definition) is 0. The van der Waals surface area contributed by atoms with Gasteiger partial charge in [0.15, 0.2) is 0 Å². The van der Waals surface area contributed by atoms with Gasteiger partial charge in [-0.25, -0.2) is 9.59 Å². The molecule has 0 aromatic heterocycles. The number of carbonyl (C=O) groups is 2. The van der Waals surface area contributed by atoms with Crippen molar-refractivity contribution in [2.45, 2.75) is 57.7 Å². The zero-order valence-electron chi connectivity index (χ0n) is 15.7. The van der Waals surface area contributed by atoms with Gasteiger partial charge in [-0.05, 0) is 49.8 Å². The highest BCUT2D eigenvalue weighted by Crippen LogP contribution is 2.29. The molecule has 0 saturated heterocycles. The average Bonchev–Trinajstić information content (AvgIpc) is 2.64. The molecular weight excluding hydrogens is 352 g/mol. The van der Waals surface area contributed by atoms with Gasteiger partial charge in [-0.3, -0.25) is 0 Å². The van der Waals surface area contributed by atoms with Gasteiger partial charge in [-0.1, -0.05) is 32.8 Å². The van der Waals surface area contributed by atoms with E-state index >= 15 is 0 Å². The number of alkyl halides is 1. The molecule has 0 bridgehead atoms. The predicted octanol–water partition coefficient (Wildman–Crippen LogP) is 5.23. The van der Waals surface area contributed by atoms with Gasteiger partial charge in [0.25, 0.3) is 0 Å². The standard InChI is InChI=1S/C21H29ClO4/c1-15(2)7-6-12-25-20(23)16-9-5-10-17(13-16)21(24)26-14-18-8-3-4-11-19(18)22/h5,9-10,13,15,18-19H,3-4,6-8,11-12,14H2,1-2H3. The molecule has 1 aromatic carbocycles. The summed E-state index contributed by atoms with van der Waals surface area (Å²) in [6.45, 7) is 4.99. The Kier molecular flexibility index (Phi) is 8.43. The molecule has 4 nitrogen and oxygen atoms in total. The van der Waals surface area contributed by atoms with Crippen LogP contribution in [0.25, 0.3) is 0 Å². The molecule has 0 radical (unpaired) electrons. The number of carbonyl (C=O) groups excluding carboxylic acids is 2. The highest BCUT2D eigenvalue weighted by molar-refractivity contribution is 6.20. The number of rotatable bonds is 8. The normalized spacial score (nSPS) is 20.0. The monoisotopic (exact) mass is 380 g/mol. The smallest absolute Gasteiger partial charge is 0.338 e. The maximum Gasteiger partial charge on any atom is 0.338 e. The van der Waals surface area contributed by atoms with Crippen LogP contribution in [-0.2, 0) is 9.47 Å². The van der Waals surface area contributed by atoms with Crippen molar-refractivity contribution in [2.24, 2.45) is 11.8 Å². The summed E-state index contributed by atoms with van der Waals surface area (Å²) in [5.41, 5.74) is 0.737. The van der Waals surface area contributed by atoms with Crippen molar-refractivity contribution in [1.29, 1.82) is 0 Å². The Morgan fingerprint density at radius 2 is 1.77 bits per heavy atom. The molecule has 26 heavy (non-hydrogen) atoms. The van der Waals surface area contributed by atoms with Crippen LogP contribution in [0, 0.1) is 11.8 Å². The summed E-state index contributed by atoms with van der Waals surface area (Å²) in [5, 5.41) is 0.0729. The molecule has 1 saturated carbocycles. The van der Waals surface area contributed by atoms with Gasteiger partial charge < -0.3 is 9.47 Å². The Hall–Kier alpha value is -1.55. The van der Waals surface area contributed by atoms with Crippen molar-refractivity contribution in [1.82, 2.24) is 0 Å². The summed E-state index contributed by atoms with van der Waals surface area (Å²) in [7, 11) is 0. The highest BCUT2D eigenvalue weighted by Gasteiger charge is 2.24. The van der Waals surface area contributed by atoms with Crippen molar-refractivity contribution in [3.63, 3.8) is 0 Å². The van der Waals surface area contributed by atoms with Gasteiger partial charge in [-0.15, -0.1) is 11.6 Å². The van der Waals surface area contributed by atoms with Crippen LogP contribution in [0.3, 0.4) is 0 Å². The highest BCUT2D eigenvalue weighted by atomic mass is 35.5. The third kappa shape index (κ3) is 6.64. The lowest BCUT2D eigenvalue weighted by Gasteiger charge is -2.26. The Labute approximate surface area is 161 Å². The zero-order valence-corrected chi connectivity index (χ0v) is 16.5. The lowest BCUT2D eigenvalue weighted by atomic mass is 9.89.